The molecule has 1 aliphatic heterocycles. The summed E-state index contributed by atoms with van der Waals surface area (Å²) in [5.41, 5.74) is 1.19. The molecule has 0 saturated carbocycles. The predicted octanol–water partition coefficient (Wildman–Crippen LogP) is 5.78. The highest BCUT2D eigenvalue weighted by Crippen LogP contribution is 2.34. The van der Waals surface area contributed by atoms with Crippen LogP contribution in [0.4, 0.5) is 10.1 Å². The number of Topliss-reactive ketones (excluding diaryl/α,β-unsaturated/α-hetero) is 1. The number of anilines is 1. The Bertz CT molecular complexity index is 1180. The molecule has 0 saturated heterocycles. The molecule has 0 fully saturated rings. The average Bonchev–Trinajstić information content (AvgIpc) is 3.26. The fraction of sp³-hybridized carbons (Fsp3) is 0.519. The fourth-order valence-electron chi connectivity index (χ4n) is 3.85. The van der Waals surface area contributed by atoms with Crippen LogP contribution in [-0.4, -0.2) is 49.5 Å². The van der Waals surface area contributed by atoms with Crippen molar-refractivity contribution in [2.24, 2.45) is 5.92 Å². The van der Waals surface area contributed by atoms with E-state index in [2.05, 4.69) is 10.3 Å². The lowest BCUT2D eigenvalue weighted by atomic mass is 9.91. The Morgan fingerprint density at radius 3 is 2.57 bits per heavy atom. The van der Waals surface area contributed by atoms with Crippen molar-refractivity contribution in [1.29, 1.82) is 0 Å². The van der Waals surface area contributed by atoms with Crippen LogP contribution in [0.25, 0.3) is 5.57 Å². The van der Waals surface area contributed by atoms with Gasteiger partial charge in [-0.15, -0.1) is 15.6 Å². The summed E-state index contributed by atoms with van der Waals surface area (Å²) in [5, 5.41) is 5.18. The molecule has 3 rings (SSSR count). The largest absolute Gasteiger partial charge is 0.597 e. The molecular weight excluding hydrogens is 513 g/mol. The van der Waals surface area contributed by atoms with Gasteiger partial charge in [0.1, 0.15) is 16.2 Å². The van der Waals surface area contributed by atoms with Crippen LogP contribution in [0.15, 0.2) is 29.7 Å². The first-order chi connectivity index (χ1) is 17.1. The quantitative estimate of drug-likeness (QED) is 0.277. The average molecular weight is 550 g/mol. The van der Waals surface area contributed by atoms with E-state index < -0.39 is 39.4 Å². The number of nitrogens with zero attached hydrogens (tertiary/aromatic N) is 2. The molecule has 202 valence electrons. The van der Waals surface area contributed by atoms with E-state index in [0.29, 0.717) is 29.9 Å². The van der Waals surface area contributed by atoms with Crippen molar-refractivity contribution < 1.29 is 23.3 Å². The number of benzene rings is 1. The van der Waals surface area contributed by atoms with Crippen LogP contribution in [0, 0.1) is 11.7 Å². The van der Waals surface area contributed by atoms with Crippen molar-refractivity contribution in [2.75, 3.05) is 18.9 Å². The minimum absolute atomic E-state index is 0.238. The summed E-state index contributed by atoms with van der Waals surface area (Å²) in [6, 6.07) is 3.88. The zero-order valence-corrected chi connectivity index (χ0v) is 24.3. The van der Waals surface area contributed by atoms with E-state index in [4.69, 9.17) is 4.74 Å². The number of fused-ring (bicyclic) bond motifs is 1. The number of halogens is 1. The van der Waals surface area contributed by atoms with Crippen molar-refractivity contribution in [3.63, 3.8) is 0 Å². The van der Waals surface area contributed by atoms with Gasteiger partial charge in [-0.3, -0.25) is 9.59 Å². The molecule has 2 aromatic rings. The highest BCUT2D eigenvalue weighted by molar-refractivity contribution is 7.90. The summed E-state index contributed by atoms with van der Waals surface area (Å²) in [5.74, 6) is -1.89. The molecule has 37 heavy (non-hydrogen) atoms. The molecule has 1 unspecified atom stereocenters. The molecule has 3 atom stereocenters. The van der Waals surface area contributed by atoms with Gasteiger partial charge in [-0.25, -0.2) is 9.37 Å². The number of thiazole rings is 1. The molecule has 1 aromatic heterocycles. The zero-order chi connectivity index (χ0) is 27.7. The standard InChI is InChI=1S/C27H36FN3O4S2/c1-16(31(8)37(34)27(5,6)7)22-15-36-24(30-22)23(32)20-13-17(25(33)35-26(2,3)4)11-12-29-21-14-18(28)9-10-19(20)21/h9-10,13-17,29H,11-12H2,1-8H3/b20-13+/t16-,17?,37-/m0/s1. The van der Waals surface area contributed by atoms with Gasteiger partial charge in [0.15, 0.2) is 5.01 Å². The number of ketones is 1. The Hall–Kier alpha value is -2.27. The van der Waals surface area contributed by atoms with Crippen LogP contribution in [0.1, 0.15) is 82.0 Å². The number of hydrogen-bond acceptors (Lipinski definition) is 8. The van der Waals surface area contributed by atoms with Gasteiger partial charge >= 0.3 is 5.97 Å². The smallest absolute Gasteiger partial charge is 0.313 e. The second kappa shape index (κ2) is 11.2. The van der Waals surface area contributed by atoms with Gasteiger partial charge in [-0.1, -0.05) is 6.08 Å². The molecule has 0 bridgehead atoms. The van der Waals surface area contributed by atoms with Gasteiger partial charge in [0.05, 0.1) is 17.7 Å². The molecule has 1 N–H and O–H groups in total. The van der Waals surface area contributed by atoms with Crippen LogP contribution < -0.4 is 5.32 Å². The third-order valence-electron chi connectivity index (χ3n) is 5.84. The topological polar surface area (TPSA) is 94.6 Å². The molecule has 7 nitrogen and oxygen atoms in total. The third kappa shape index (κ3) is 7.19. The number of hydrogen-bond donors (Lipinski definition) is 1. The number of allylic oxidation sites excluding steroid dienone is 1. The van der Waals surface area contributed by atoms with Crippen LogP contribution in [0.3, 0.4) is 0 Å². The van der Waals surface area contributed by atoms with Crippen LogP contribution in [0.2, 0.25) is 0 Å². The van der Waals surface area contributed by atoms with Crippen LogP contribution in [-0.2, 0) is 20.9 Å². The molecule has 0 radical (unpaired) electrons. The van der Waals surface area contributed by atoms with Gasteiger partial charge in [0.2, 0.25) is 5.78 Å². The zero-order valence-electron chi connectivity index (χ0n) is 22.7. The SMILES string of the molecule is C[C@@H](c1csc(C(=O)/C2=C/C(C(=O)OC(C)(C)C)CCNc3cc(F)ccc32)n1)N(C)[S@@+]([O-])C(C)(C)C. The second-order valence-corrected chi connectivity index (χ2v) is 14.3. The van der Waals surface area contributed by atoms with Gasteiger partial charge in [0.25, 0.3) is 0 Å². The summed E-state index contributed by atoms with van der Waals surface area (Å²) in [4.78, 5) is 31.3. The summed E-state index contributed by atoms with van der Waals surface area (Å²) in [6.07, 6.45) is 2.00. The summed E-state index contributed by atoms with van der Waals surface area (Å²) >= 11 is -0.0788. The minimum Gasteiger partial charge on any atom is -0.597 e. The second-order valence-electron chi connectivity index (χ2n) is 11.1. The van der Waals surface area contributed by atoms with Crippen LogP contribution in [0.5, 0.6) is 0 Å². The van der Waals surface area contributed by atoms with E-state index in [0.717, 1.165) is 0 Å². The van der Waals surface area contributed by atoms with E-state index >= 15 is 0 Å². The molecule has 0 aliphatic carbocycles. The molecule has 0 amide bonds. The lowest BCUT2D eigenvalue weighted by Crippen LogP contribution is -2.42. The molecule has 1 aliphatic rings. The Kier molecular flexibility index (Phi) is 8.89. The van der Waals surface area contributed by atoms with Crippen molar-refractivity contribution in [1.82, 2.24) is 9.29 Å². The van der Waals surface area contributed by atoms with Crippen molar-refractivity contribution in [3.8, 4) is 0 Å². The Balaban J connectivity index is 2.00. The van der Waals surface area contributed by atoms with E-state index in [9.17, 15) is 18.5 Å². The molecule has 2 heterocycles. The number of nitrogens with one attached hydrogen (secondary N) is 1. The minimum atomic E-state index is -1.27. The summed E-state index contributed by atoms with van der Waals surface area (Å²) < 4.78 is 33.8. The molecular formula is C27H36FN3O4S2. The third-order valence-corrected chi connectivity index (χ3v) is 8.59. The number of aromatic nitrogens is 1. The van der Waals surface area contributed by atoms with E-state index in [1.54, 1.807) is 43.6 Å². The summed E-state index contributed by atoms with van der Waals surface area (Å²) in [6.45, 7) is 13.4. The maximum atomic E-state index is 14.0. The van der Waals surface area contributed by atoms with E-state index in [1.165, 1.54) is 29.5 Å². The van der Waals surface area contributed by atoms with Crippen molar-refractivity contribution >= 4 is 45.7 Å². The first-order valence-electron chi connectivity index (χ1n) is 12.2. The first-order valence-corrected chi connectivity index (χ1v) is 14.2. The number of ether oxygens (including phenoxy) is 1. The normalized spacial score (nSPS) is 19.5. The maximum absolute atomic E-state index is 14.0. The predicted molar refractivity (Wildman–Crippen MR) is 147 cm³/mol. The molecule has 0 spiro atoms. The van der Waals surface area contributed by atoms with Gasteiger partial charge in [0, 0.05) is 47.2 Å². The number of carbonyl (C=O) groups excluding carboxylic acids is 2. The van der Waals surface area contributed by atoms with Crippen molar-refractivity contribution in [2.45, 2.75) is 71.3 Å². The number of rotatable bonds is 6. The highest BCUT2D eigenvalue weighted by atomic mass is 32.2. The van der Waals surface area contributed by atoms with Crippen molar-refractivity contribution in [3.05, 3.63) is 51.7 Å². The Morgan fingerprint density at radius 1 is 1.27 bits per heavy atom. The fourth-order valence-corrected chi connectivity index (χ4v) is 5.97. The van der Waals surface area contributed by atoms with Gasteiger partial charge < -0.3 is 14.6 Å². The highest BCUT2D eigenvalue weighted by Gasteiger charge is 2.35. The molecule has 10 heteroatoms. The lowest BCUT2D eigenvalue weighted by molar-refractivity contribution is -0.158. The monoisotopic (exact) mass is 549 g/mol. The van der Waals surface area contributed by atoms with E-state index in [1.807, 2.05) is 27.7 Å². The Labute approximate surface area is 225 Å². The number of esters is 1. The maximum Gasteiger partial charge on any atom is 0.313 e. The van der Waals surface area contributed by atoms with Crippen LogP contribution >= 0.6 is 11.3 Å². The molecule has 1 aromatic carbocycles. The van der Waals surface area contributed by atoms with E-state index in [-0.39, 0.29) is 22.4 Å². The first kappa shape index (κ1) is 29.3. The summed E-state index contributed by atoms with van der Waals surface area (Å²) in [7, 11) is 1.77. The van der Waals surface area contributed by atoms with Gasteiger partial charge in [-0.2, -0.15) is 0 Å². The Morgan fingerprint density at radius 2 is 1.95 bits per heavy atom. The lowest BCUT2D eigenvalue weighted by Gasteiger charge is -2.32. The number of carbonyl (C=O) groups is 2. The van der Waals surface area contributed by atoms with Gasteiger partial charge in [-0.05, 0) is 73.1 Å².